The highest BCUT2D eigenvalue weighted by Crippen LogP contribution is 2.40. The third kappa shape index (κ3) is 5.22. The van der Waals surface area contributed by atoms with Gasteiger partial charge in [0, 0.05) is 16.5 Å². The topological polar surface area (TPSA) is 29.0 Å². The summed E-state index contributed by atoms with van der Waals surface area (Å²) in [7, 11) is 0. The van der Waals surface area contributed by atoms with Crippen LogP contribution in [-0.2, 0) is 0 Å². The summed E-state index contributed by atoms with van der Waals surface area (Å²) in [6, 6.07) is 60.9. The molecule has 1 aliphatic heterocycles. The lowest BCUT2D eigenvalue weighted by molar-refractivity contribution is 0.616. The number of hydrazine groups is 1. The maximum Gasteiger partial charge on any atom is 0.0714 e. The predicted octanol–water partition coefficient (Wildman–Crippen LogP) is 11.4. The first-order valence-corrected chi connectivity index (χ1v) is 16.9. The van der Waals surface area contributed by atoms with Gasteiger partial charge in [0.2, 0.25) is 0 Å². The average molecular weight is 630 g/mol. The Hall–Kier alpha value is -6.16. The van der Waals surface area contributed by atoms with E-state index < -0.39 is 0 Å². The zero-order valence-electron chi connectivity index (χ0n) is 27.3. The fourth-order valence-corrected chi connectivity index (χ4v) is 7.29. The molecule has 0 spiro atoms. The maximum absolute atomic E-state index is 3.34. The highest BCUT2D eigenvalue weighted by Gasteiger charge is 2.18. The fraction of sp³-hybridized carbons (Fsp3) is 0.0435. The third-order valence-corrected chi connectivity index (χ3v) is 9.75. The number of nitrogens with one attached hydrogen (secondary N) is 2. The van der Waals surface area contributed by atoms with E-state index in [2.05, 4.69) is 192 Å². The van der Waals surface area contributed by atoms with Gasteiger partial charge in [-0.15, -0.1) is 0 Å². The molecule has 0 saturated carbocycles. The SMILES string of the molecule is C1=C(c2ccccc2)NNC1c1ccc2ccccc2c1.Cc1ccc(-n2c3ccc4ccccc4c3c3c4ccccc4ccc32)cc1. The molecule has 0 radical (unpaired) electrons. The summed E-state index contributed by atoms with van der Waals surface area (Å²) < 4.78 is 2.41. The van der Waals surface area contributed by atoms with Crippen LogP contribution in [0.25, 0.3) is 65.5 Å². The number of aryl methyl sites for hydroxylation is 1. The van der Waals surface area contributed by atoms with E-state index in [1.54, 1.807) is 0 Å². The molecule has 1 atom stereocenters. The van der Waals surface area contributed by atoms with Crippen LogP contribution in [0.3, 0.4) is 0 Å². The molecule has 0 aliphatic carbocycles. The number of nitrogens with zero attached hydrogens (tertiary/aromatic N) is 1. The van der Waals surface area contributed by atoms with Crippen molar-refractivity contribution in [3.05, 3.63) is 193 Å². The van der Waals surface area contributed by atoms with Gasteiger partial charge in [-0.1, -0.05) is 145 Å². The smallest absolute Gasteiger partial charge is 0.0714 e. The van der Waals surface area contributed by atoms with Gasteiger partial charge < -0.3 is 9.99 Å². The second kappa shape index (κ2) is 12.1. The summed E-state index contributed by atoms with van der Waals surface area (Å²) >= 11 is 0. The van der Waals surface area contributed by atoms with Crippen LogP contribution in [0.2, 0.25) is 0 Å². The first-order chi connectivity index (χ1) is 24.2. The van der Waals surface area contributed by atoms with Crippen molar-refractivity contribution < 1.29 is 0 Å². The lowest BCUT2D eigenvalue weighted by Crippen LogP contribution is -2.26. The Kier molecular flexibility index (Phi) is 7.18. The molecule has 0 saturated heterocycles. The van der Waals surface area contributed by atoms with E-state index in [1.165, 1.54) is 76.5 Å². The third-order valence-electron chi connectivity index (χ3n) is 9.75. The van der Waals surface area contributed by atoms with Crippen molar-refractivity contribution in [3.63, 3.8) is 0 Å². The summed E-state index contributed by atoms with van der Waals surface area (Å²) in [6.07, 6.45) is 2.24. The van der Waals surface area contributed by atoms with E-state index in [-0.39, 0.29) is 6.04 Å². The molecule has 1 unspecified atom stereocenters. The van der Waals surface area contributed by atoms with Crippen LogP contribution >= 0.6 is 0 Å². The van der Waals surface area contributed by atoms with Crippen LogP contribution in [0.1, 0.15) is 22.7 Å². The molecular weight excluding hydrogens is 595 g/mol. The minimum Gasteiger partial charge on any atom is -0.320 e. The van der Waals surface area contributed by atoms with E-state index in [0.29, 0.717) is 0 Å². The number of aromatic nitrogens is 1. The van der Waals surface area contributed by atoms with Crippen molar-refractivity contribution >= 4 is 59.8 Å². The Labute approximate surface area is 285 Å². The maximum atomic E-state index is 3.34. The Morgan fingerprint density at radius 1 is 0.490 bits per heavy atom. The van der Waals surface area contributed by atoms with Crippen LogP contribution in [0.5, 0.6) is 0 Å². The van der Waals surface area contributed by atoms with Crippen LogP contribution in [-0.4, -0.2) is 4.57 Å². The second-order valence-electron chi connectivity index (χ2n) is 12.8. The zero-order chi connectivity index (χ0) is 32.7. The number of benzene rings is 8. The lowest BCUT2D eigenvalue weighted by atomic mass is 10.00. The average Bonchev–Trinajstić information content (AvgIpc) is 3.80. The largest absolute Gasteiger partial charge is 0.320 e. The van der Waals surface area contributed by atoms with Crippen LogP contribution in [0.4, 0.5) is 0 Å². The standard InChI is InChI=1S/C27H19N.C19H16N2/c1-18-10-14-21(15-11-18)28-24-16-12-19-6-2-4-8-22(19)26(24)27-23-9-5-3-7-20(23)13-17-25(27)28;1-2-7-15(8-3-1)18-13-19(21-20-18)17-11-10-14-6-4-5-9-16(14)12-17/h2-17H,1H3;1-13,19-21H. The quantitative estimate of drug-likeness (QED) is 0.204. The van der Waals surface area contributed by atoms with Crippen molar-refractivity contribution in [1.29, 1.82) is 0 Å². The Bertz CT molecular complexity index is 2570. The van der Waals surface area contributed by atoms with Gasteiger partial charge in [-0.2, -0.15) is 0 Å². The van der Waals surface area contributed by atoms with Gasteiger partial charge in [-0.05, 0) is 86.8 Å². The van der Waals surface area contributed by atoms with Crippen LogP contribution in [0.15, 0.2) is 176 Å². The highest BCUT2D eigenvalue weighted by molar-refractivity contribution is 6.28. The van der Waals surface area contributed by atoms with Crippen molar-refractivity contribution in [1.82, 2.24) is 15.4 Å². The second-order valence-corrected chi connectivity index (χ2v) is 12.8. The molecule has 234 valence electrons. The van der Waals surface area contributed by atoms with Crippen molar-refractivity contribution in [2.75, 3.05) is 0 Å². The van der Waals surface area contributed by atoms with E-state index >= 15 is 0 Å². The van der Waals surface area contributed by atoms with E-state index in [1.807, 2.05) is 6.07 Å². The van der Waals surface area contributed by atoms with Gasteiger partial charge >= 0.3 is 0 Å². The van der Waals surface area contributed by atoms with Crippen LogP contribution < -0.4 is 10.9 Å². The van der Waals surface area contributed by atoms with E-state index in [0.717, 1.165) is 5.70 Å². The normalized spacial score (nSPS) is 14.2. The summed E-state index contributed by atoms with van der Waals surface area (Å²) in [5.41, 5.74) is 15.2. The zero-order valence-corrected chi connectivity index (χ0v) is 27.3. The molecule has 8 aromatic carbocycles. The summed E-state index contributed by atoms with van der Waals surface area (Å²) in [6.45, 7) is 2.14. The molecule has 2 heterocycles. The van der Waals surface area contributed by atoms with E-state index in [4.69, 9.17) is 0 Å². The van der Waals surface area contributed by atoms with Gasteiger partial charge in [0.25, 0.3) is 0 Å². The summed E-state index contributed by atoms with van der Waals surface area (Å²) in [5, 5.41) is 10.4. The molecule has 10 rings (SSSR count). The molecule has 3 heteroatoms. The highest BCUT2D eigenvalue weighted by atomic mass is 15.4. The molecule has 3 nitrogen and oxygen atoms in total. The van der Waals surface area contributed by atoms with Crippen molar-refractivity contribution in [2.45, 2.75) is 13.0 Å². The number of rotatable bonds is 3. The molecule has 49 heavy (non-hydrogen) atoms. The van der Waals surface area contributed by atoms with E-state index in [9.17, 15) is 0 Å². The molecule has 0 fully saturated rings. The molecular formula is C46H35N3. The first-order valence-electron chi connectivity index (χ1n) is 16.9. The Morgan fingerprint density at radius 2 is 1.04 bits per heavy atom. The molecule has 0 bridgehead atoms. The Balaban J connectivity index is 0.000000138. The molecule has 1 aliphatic rings. The fourth-order valence-electron chi connectivity index (χ4n) is 7.29. The minimum atomic E-state index is 0.199. The predicted molar refractivity (Wildman–Crippen MR) is 208 cm³/mol. The number of hydrogen-bond acceptors (Lipinski definition) is 2. The van der Waals surface area contributed by atoms with Crippen molar-refractivity contribution in [3.8, 4) is 5.69 Å². The Morgan fingerprint density at radius 3 is 1.69 bits per heavy atom. The number of fused-ring (bicyclic) bond motifs is 8. The minimum absolute atomic E-state index is 0.199. The van der Waals surface area contributed by atoms with Gasteiger partial charge in [0.1, 0.15) is 0 Å². The molecule has 2 N–H and O–H groups in total. The lowest BCUT2D eigenvalue weighted by Gasteiger charge is -2.10. The van der Waals surface area contributed by atoms with Crippen molar-refractivity contribution in [2.24, 2.45) is 0 Å². The summed E-state index contributed by atoms with van der Waals surface area (Å²) in [5.74, 6) is 0. The number of hydrogen-bond donors (Lipinski definition) is 2. The molecule has 0 amide bonds. The monoisotopic (exact) mass is 629 g/mol. The van der Waals surface area contributed by atoms with Gasteiger partial charge in [-0.3, -0.25) is 0 Å². The molecule has 9 aromatic rings. The van der Waals surface area contributed by atoms with Gasteiger partial charge in [0.15, 0.2) is 0 Å². The van der Waals surface area contributed by atoms with Gasteiger partial charge in [-0.25, -0.2) is 5.43 Å². The molecule has 1 aromatic heterocycles. The van der Waals surface area contributed by atoms with Crippen LogP contribution in [0, 0.1) is 6.92 Å². The van der Waals surface area contributed by atoms with Gasteiger partial charge in [0.05, 0.1) is 22.8 Å². The first kappa shape index (κ1) is 29.0. The summed E-state index contributed by atoms with van der Waals surface area (Å²) in [4.78, 5) is 0.